The number of rotatable bonds is 12. The first kappa shape index (κ1) is 55.0. The quantitative estimate of drug-likeness (QED) is 0.0309. The zero-order valence-electron chi connectivity index (χ0n) is 42.7. The van der Waals surface area contributed by atoms with Crippen LogP contribution in [0.15, 0.2) is 60.5 Å². The molecule has 4 aliphatic rings. The third-order valence-electron chi connectivity index (χ3n) is 14.7. The van der Waals surface area contributed by atoms with Gasteiger partial charge in [-0.3, -0.25) is 18.4 Å². The average Bonchev–Trinajstić information content (AvgIpc) is 4.05. The summed E-state index contributed by atoms with van der Waals surface area (Å²) in [4.78, 5) is 52.7. The number of carbonyl (C=O) groups is 1. The van der Waals surface area contributed by atoms with Crippen molar-refractivity contribution < 1.29 is 50.6 Å². The highest BCUT2D eigenvalue weighted by atomic mass is 32.5. The van der Waals surface area contributed by atoms with Crippen LogP contribution in [0.2, 0.25) is 36.3 Å². The molecular formula is C47H64N8O11P2S3Si2. The summed E-state index contributed by atoms with van der Waals surface area (Å²) in [6.45, 7) is 20.0. The van der Waals surface area contributed by atoms with Gasteiger partial charge in [-0.05, 0) is 84.0 Å². The van der Waals surface area contributed by atoms with Crippen molar-refractivity contribution in [3.05, 3.63) is 83.7 Å². The van der Waals surface area contributed by atoms with E-state index in [0.29, 0.717) is 28.1 Å². The molecule has 26 heteroatoms. The van der Waals surface area contributed by atoms with Crippen LogP contribution >= 0.6 is 25.2 Å². The molecule has 73 heavy (non-hydrogen) atoms. The van der Waals surface area contributed by atoms with E-state index in [-0.39, 0.29) is 48.6 Å². The Morgan fingerprint density at radius 1 is 0.863 bits per heavy atom. The van der Waals surface area contributed by atoms with E-state index in [1.54, 1.807) is 53.2 Å². The van der Waals surface area contributed by atoms with Crippen molar-refractivity contribution in [2.24, 2.45) is 0 Å². The third kappa shape index (κ3) is 11.5. The monoisotopic (exact) mass is 1130 g/mol. The van der Waals surface area contributed by atoms with Crippen LogP contribution < -0.4 is 0 Å². The Labute approximate surface area is 442 Å². The number of hydrogen-bond acceptors (Lipinski definition) is 18. The molecule has 9 rings (SSSR count). The van der Waals surface area contributed by atoms with Crippen LogP contribution in [-0.2, 0) is 77.4 Å². The molecular weight excluding hydrogens is 1070 g/mol. The van der Waals surface area contributed by atoms with Gasteiger partial charge in [0.1, 0.15) is 72.1 Å². The molecule has 3 fully saturated rings. The maximum Gasteiger partial charge on any atom is 0.328 e. The lowest BCUT2D eigenvalue weighted by atomic mass is 10.1. The number of aromatic nitrogens is 7. The molecule has 2 unspecified atom stereocenters. The van der Waals surface area contributed by atoms with Gasteiger partial charge in [0.05, 0.1) is 37.0 Å². The Morgan fingerprint density at radius 3 is 2.25 bits per heavy atom. The van der Waals surface area contributed by atoms with Gasteiger partial charge < -0.3 is 46.2 Å². The number of benzene rings is 1. The van der Waals surface area contributed by atoms with Crippen LogP contribution in [0.3, 0.4) is 0 Å². The predicted molar refractivity (Wildman–Crippen MR) is 288 cm³/mol. The molecule has 8 heterocycles. The Balaban J connectivity index is 1.14. The van der Waals surface area contributed by atoms with Crippen molar-refractivity contribution in [2.45, 2.75) is 151 Å². The van der Waals surface area contributed by atoms with Crippen LogP contribution in [0, 0.1) is 6.57 Å². The van der Waals surface area contributed by atoms with Gasteiger partial charge in [-0.2, -0.15) is 0 Å². The second-order valence-electron chi connectivity index (χ2n) is 21.7. The number of ether oxygens (including phenoxy) is 2. The van der Waals surface area contributed by atoms with Gasteiger partial charge in [-0.15, -0.1) is 11.8 Å². The molecule has 0 radical (unpaired) electrons. The second kappa shape index (κ2) is 21.2. The molecule has 10 atom stereocenters. The molecule has 394 valence electrons. The van der Waals surface area contributed by atoms with E-state index in [2.05, 4.69) is 93.7 Å². The number of aryl methyl sites for hydroxylation is 1. The maximum absolute atomic E-state index is 13.5. The maximum atomic E-state index is 13.5. The minimum absolute atomic E-state index is 0.0293. The lowest BCUT2D eigenvalue weighted by molar-refractivity contribution is -0.0618. The van der Waals surface area contributed by atoms with E-state index in [0.717, 1.165) is 34.6 Å². The summed E-state index contributed by atoms with van der Waals surface area (Å²) in [5.74, 6) is 0.792. The molecule has 1 aromatic carbocycles. The van der Waals surface area contributed by atoms with Crippen LogP contribution in [0.4, 0.5) is 0 Å². The molecule has 5 aromatic rings. The number of Topliss-reactive ketones (excluding diaryl/α,β-unsaturated/α-hetero) is 1. The fourth-order valence-electron chi connectivity index (χ4n) is 8.79. The van der Waals surface area contributed by atoms with E-state index in [4.69, 9.17) is 81.1 Å². The van der Waals surface area contributed by atoms with Gasteiger partial charge in [0.2, 0.25) is 6.54 Å². The summed E-state index contributed by atoms with van der Waals surface area (Å²) in [5, 5.41) is 1.30. The van der Waals surface area contributed by atoms with Crippen molar-refractivity contribution >= 4 is 93.4 Å². The molecule has 19 nitrogen and oxygen atoms in total. The van der Waals surface area contributed by atoms with Crippen molar-refractivity contribution in [1.29, 1.82) is 0 Å². The van der Waals surface area contributed by atoms with Gasteiger partial charge in [-0.1, -0.05) is 71.9 Å². The SMILES string of the molecule is [C-]#[N+]CCOP1(=S)OC[C@H]2O[C@@H](n3cc4c5c(ncnc53)SCCC4)[C@H](O[Si](C)(C)C(C)(C)C)[C@@H]2OP(O)(=S)OC[C@H]2O[C@@H](n3cnc4c(CC(=O)c5ccccc5)ncnc43)[C@H](O1)[C@@H]2O[Si](C)(C)C(C)(C)C. The average molecular weight is 1130 g/mol. The number of imidazole rings is 1. The highest BCUT2D eigenvalue weighted by molar-refractivity contribution is 8.07. The van der Waals surface area contributed by atoms with Gasteiger partial charge in [-0.25, -0.2) is 31.5 Å². The Kier molecular flexibility index (Phi) is 16.0. The summed E-state index contributed by atoms with van der Waals surface area (Å²) in [7, 11) is -5.37. The van der Waals surface area contributed by atoms with Crippen molar-refractivity contribution in [2.75, 3.05) is 32.1 Å². The summed E-state index contributed by atoms with van der Waals surface area (Å²) in [6, 6.07) is 8.97. The summed E-state index contributed by atoms with van der Waals surface area (Å²) < 4.78 is 65.6. The number of carbonyl (C=O) groups excluding carboxylic acids is 1. The molecule has 2 bridgehead atoms. The van der Waals surface area contributed by atoms with E-state index in [1.165, 1.54) is 6.33 Å². The highest BCUT2D eigenvalue weighted by Gasteiger charge is 2.57. The van der Waals surface area contributed by atoms with Gasteiger partial charge in [0.15, 0.2) is 40.5 Å². The van der Waals surface area contributed by atoms with Crippen LogP contribution in [0.5, 0.6) is 0 Å². The number of fused-ring (bicyclic) bond motifs is 4. The first-order valence-electron chi connectivity index (χ1n) is 24.3. The number of hydrogen-bond donors (Lipinski definition) is 1. The first-order valence-corrected chi connectivity index (χ1v) is 36.3. The fourth-order valence-corrected chi connectivity index (χ4v) is 15.9. The smallest absolute Gasteiger partial charge is 0.328 e. The van der Waals surface area contributed by atoms with Crippen LogP contribution in [-0.4, -0.2) is 130 Å². The lowest BCUT2D eigenvalue weighted by Crippen LogP contribution is -2.50. The molecule has 0 spiro atoms. The summed E-state index contributed by atoms with van der Waals surface area (Å²) >= 11 is 14.0. The molecule has 0 saturated carbocycles. The molecule has 1 N–H and O–H groups in total. The predicted octanol–water partition coefficient (Wildman–Crippen LogP) is 9.50. The van der Waals surface area contributed by atoms with Crippen molar-refractivity contribution in [3.8, 4) is 0 Å². The Hall–Kier alpha value is -2.77. The topological polar surface area (TPSA) is 199 Å². The molecule has 3 saturated heterocycles. The second-order valence-corrected chi connectivity index (χ2v) is 38.0. The summed E-state index contributed by atoms with van der Waals surface area (Å²) in [5.41, 5.74) is 3.44. The van der Waals surface area contributed by atoms with Crippen molar-refractivity contribution in [3.63, 3.8) is 0 Å². The molecule has 0 amide bonds. The standard InChI is InChI=1S/C47H64N8O11P2S3Si2/c1-46(2,3)72(8,9)65-38-34-24-59-67(57,69)63-37-33(61-45(40(37)66-73(10,11)47(4,5)6)54-23-30-18-15-21-71-43-35(30)41(54)50-27-52-43)25-60-68(70,58-20-19-48-7)64-39(38)44(62-34)55-28-53-36-31(49-26-51-42(36)55)22-32(56)29-16-13-12-14-17-29/h12-14,16-17,23,26-28,33-34,37-40,44-45H,15,18-22,24-25H2,1-6,8-11H3,(H,57,69)/t33-,34-,37-,38-,39-,40-,44-,45-,67?,68?/m1/s1. The number of ketones is 1. The molecule has 0 aliphatic carbocycles. The highest BCUT2D eigenvalue weighted by Crippen LogP contribution is 2.58. The minimum Gasteiger partial charge on any atom is -0.408 e. The van der Waals surface area contributed by atoms with E-state index >= 15 is 0 Å². The normalized spacial score (nSPS) is 29.5. The number of thioether (sulfide) groups is 1. The van der Waals surface area contributed by atoms with Gasteiger partial charge in [0.25, 0.3) is 0 Å². The number of nitrogens with zero attached hydrogens (tertiary/aromatic N) is 8. The lowest BCUT2D eigenvalue weighted by Gasteiger charge is -2.41. The molecule has 4 aliphatic heterocycles. The Bertz CT molecular complexity index is 2990. The van der Waals surface area contributed by atoms with E-state index in [1.807, 2.05) is 10.6 Å². The van der Waals surface area contributed by atoms with Crippen molar-refractivity contribution in [1.82, 2.24) is 34.1 Å². The Morgan fingerprint density at radius 2 is 1.53 bits per heavy atom. The van der Waals surface area contributed by atoms with E-state index in [9.17, 15) is 9.69 Å². The van der Waals surface area contributed by atoms with Crippen LogP contribution in [0.1, 0.15) is 82.0 Å². The zero-order valence-corrected chi connectivity index (χ0v) is 48.9. The van der Waals surface area contributed by atoms with E-state index < -0.39 is 79.2 Å². The summed E-state index contributed by atoms with van der Waals surface area (Å²) in [6.07, 6.45) is 0.419. The van der Waals surface area contributed by atoms with Gasteiger partial charge in [0, 0.05) is 11.8 Å². The fraction of sp³-hybridized carbons (Fsp3) is 0.596. The first-order chi connectivity index (χ1) is 34.4. The minimum atomic E-state index is -4.22. The largest absolute Gasteiger partial charge is 0.408 e. The zero-order chi connectivity index (χ0) is 52.3. The third-order valence-corrected chi connectivity index (χ3v) is 28.6. The molecule has 4 aromatic heterocycles. The van der Waals surface area contributed by atoms with Crippen LogP contribution in [0.25, 0.3) is 27.0 Å². The van der Waals surface area contributed by atoms with Gasteiger partial charge >= 0.3 is 13.4 Å².